The van der Waals surface area contributed by atoms with Crippen molar-refractivity contribution in [2.24, 2.45) is 0 Å². The van der Waals surface area contributed by atoms with E-state index < -0.39 is 0 Å². The summed E-state index contributed by atoms with van der Waals surface area (Å²) in [6.07, 6.45) is 2.54. The van der Waals surface area contributed by atoms with Crippen molar-refractivity contribution in [1.82, 2.24) is 5.32 Å². The van der Waals surface area contributed by atoms with Crippen LogP contribution in [-0.2, 0) is 6.42 Å². The summed E-state index contributed by atoms with van der Waals surface area (Å²) in [4.78, 5) is 13.7. The lowest BCUT2D eigenvalue weighted by molar-refractivity contribution is 0.0956. The smallest absolute Gasteiger partial charge is 0.261 e. The largest absolute Gasteiger partial charge is 0.396 e. The van der Waals surface area contributed by atoms with Crippen LogP contribution >= 0.6 is 11.3 Å². The van der Waals surface area contributed by atoms with Crippen molar-refractivity contribution >= 4 is 17.2 Å². The number of amides is 1. The molecule has 0 saturated heterocycles. The minimum Gasteiger partial charge on any atom is -0.396 e. The standard InChI is InChI=1S/C12H19NO2S/c1-3-10-8-11(16-9(10)2)12(15)13-6-4-5-7-14/h8,14H,3-7H2,1-2H3,(H,13,15). The van der Waals surface area contributed by atoms with Gasteiger partial charge in [0.05, 0.1) is 4.88 Å². The zero-order chi connectivity index (χ0) is 12.0. The van der Waals surface area contributed by atoms with Gasteiger partial charge in [-0.2, -0.15) is 0 Å². The molecule has 0 bridgehead atoms. The predicted octanol–water partition coefficient (Wildman–Crippen LogP) is 2.12. The van der Waals surface area contributed by atoms with E-state index in [-0.39, 0.29) is 12.5 Å². The normalized spacial score (nSPS) is 10.4. The van der Waals surface area contributed by atoms with E-state index in [2.05, 4.69) is 12.2 Å². The molecule has 0 saturated carbocycles. The molecule has 0 atom stereocenters. The van der Waals surface area contributed by atoms with Gasteiger partial charge >= 0.3 is 0 Å². The third-order valence-corrected chi connectivity index (χ3v) is 3.59. The molecule has 1 amide bonds. The molecule has 0 fully saturated rings. The number of aryl methyl sites for hydroxylation is 2. The molecular formula is C12H19NO2S. The van der Waals surface area contributed by atoms with Crippen molar-refractivity contribution in [3.8, 4) is 0 Å². The van der Waals surface area contributed by atoms with Gasteiger partial charge in [0.25, 0.3) is 5.91 Å². The van der Waals surface area contributed by atoms with Gasteiger partial charge in [0.1, 0.15) is 0 Å². The van der Waals surface area contributed by atoms with Gasteiger partial charge in [-0.1, -0.05) is 6.92 Å². The summed E-state index contributed by atoms with van der Waals surface area (Å²) in [5.41, 5.74) is 1.26. The summed E-state index contributed by atoms with van der Waals surface area (Å²) in [6, 6.07) is 1.97. The van der Waals surface area contributed by atoms with E-state index in [9.17, 15) is 4.79 Å². The van der Waals surface area contributed by atoms with Gasteiger partial charge in [0.15, 0.2) is 0 Å². The number of hydrogen-bond acceptors (Lipinski definition) is 3. The number of carbonyl (C=O) groups is 1. The highest BCUT2D eigenvalue weighted by atomic mass is 32.1. The second-order valence-electron chi connectivity index (χ2n) is 3.73. The van der Waals surface area contributed by atoms with Crippen LogP contribution in [0.25, 0.3) is 0 Å². The van der Waals surface area contributed by atoms with Crippen LogP contribution in [0, 0.1) is 6.92 Å². The van der Waals surface area contributed by atoms with Crippen molar-refractivity contribution in [3.63, 3.8) is 0 Å². The Labute approximate surface area is 100 Å². The van der Waals surface area contributed by atoms with E-state index in [0.717, 1.165) is 24.1 Å². The van der Waals surface area contributed by atoms with Crippen LogP contribution in [0.5, 0.6) is 0 Å². The first-order chi connectivity index (χ1) is 7.69. The Morgan fingerprint density at radius 3 is 2.81 bits per heavy atom. The number of nitrogens with one attached hydrogen (secondary N) is 1. The molecule has 1 heterocycles. The first-order valence-corrected chi connectivity index (χ1v) is 6.49. The molecule has 0 radical (unpaired) electrons. The topological polar surface area (TPSA) is 49.3 Å². The third kappa shape index (κ3) is 3.61. The summed E-state index contributed by atoms with van der Waals surface area (Å²) in [5.74, 6) is 0.00531. The monoisotopic (exact) mass is 241 g/mol. The predicted molar refractivity (Wildman–Crippen MR) is 67.1 cm³/mol. The molecule has 1 aromatic rings. The van der Waals surface area contributed by atoms with Crippen molar-refractivity contribution in [1.29, 1.82) is 0 Å². The molecule has 0 spiro atoms. The molecule has 90 valence electrons. The molecule has 0 unspecified atom stereocenters. The van der Waals surface area contributed by atoms with E-state index in [1.165, 1.54) is 10.4 Å². The average Bonchev–Trinajstić information content (AvgIpc) is 2.66. The highest BCUT2D eigenvalue weighted by Crippen LogP contribution is 2.21. The Morgan fingerprint density at radius 1 is 1.50 bits per heavy atom. The lowest BCUT2D eigenvalue weighted by atomic mass is 10.2. The summed E-state index contributed by atoms with van der Waals surface area (Å²) in [5, 5.41) is 11.5. The van der Waals surface area contributed by atoms with Gasteiger partial charge in [0, 0.05) is 18.0 Å². The molecule has 2 N–H and O–H groups in total. The number of carbonyl (C=O) groups excluding carboxylic acids is 1. The molecule has 0 aliphatic heterocycles. The number of aliphatic hydroxyl groups excluding tert-OH is 1. The quantitative estimate of drug-likeness (QED) is 0.750. The molecule has 1 aromatic heterocycles. The van der Waals surface area contributed by atoms with Crippen LogP contribution in [0.4, 0.5) is 0 Å². The van der Waals surface area contributed by atoms with Crippen molar-refractivity contribution in [2.45, 2.75) is 33.1 Å². The Bertz CT molecular complexity index is 347. The molecule has 4 heteroatoms. The van der Waals surface area contributed by atoms with Gasteiger partial charge in [0.2, 0.25) is 0 Å². The fraction of sp³-hybridized carbons (Fsp3) is 0.583. The van der Waals surface area contributed by atoms with Crippen LogP contribution in [0.1, 0.15) is 39.9 Å². The fourth-order valence-electron chi connectivity index (χ4n) is 1.51. The maximum Gasteiger partial charge on any atom is 0.261 e. The SMILES string of the molecule is CCc1cc(C(=O)NCCCCO)sc1C. The number of unbranched alkanes of at least 4 members (excludes halogenated alkanes) is 1. The number of hydrogen-bond donors (Lipinski definition) is 2. The molecule has 1 rings (SSSR count). The van der Waals surface area contributed by atoms with Gasteiger partial charge < -0.3 is 10.4 Å². The summed E-state index contributed by atoms with van der Waals surface area (Å²) in [7, 11) is 0. The Hall–Kier alpha value is -0.870. The maximum atomic E-state index is 11.7. The zero-order valence-electron chi connectivity index (χ0n) is 9.88. The second kappa shape index (κ2) is 6.66. The van der Waals surface area contributed by atoms with E-state index in [0.29, 0.717) is 6.54 Å². The fourth-order valence-corrected chi connectivity index (χ4v) is 2.54. The minimum atomic E-state index is 0.00531. The van der Waals surface area contributed by atoms with Gasteiger partial charge in [-0.15, -0.1) is 11.3 Å². The van der Waals surface area contributed by atoms with E-state index in [1.807, 2.05) is 13.0 Å². The summed E-state index contributed by atoms with van der Waals surface area (Å²) >= 11 is 1.55. The molecule has 16 heavy (non-hydrogen) atoms. The number of rotatable bonds is 6. The lowest BCUT2D eigenvalue weighted by Gasteiger charge is -2.01. The van der Waals surface area contributed by atoms with Crippen molar-refractivity contribution in [2.75, 3.05) is 13.2 Å². The van der Waals surface area contributed by atoms with E-state index >= 15 is 0 Å². The first kappa shape index (κ1) is 13.2. The number of aliphatic hydroxyl groups is 1. The Morgan fingerprint density at radius 2 is 2.25 bits per heavy atom. The Kier molecular flexibility index (Phi) is 5.49. The Balaban J connectivity index is 2.46. The van der Waals surface area contributed by atoms with Crippen molar-refractivity contribution < 1.29 is 9.90 Å². The molecule has 3 nitrogen and oxygen atoms in total. The van der Waals surface area contributed by atoms with Gasteiger partial charge in [-0.3, -0.25) is 4.79 Å². The zero-order valence-corrected chi connectivity index (χ0v) is 10.7. The van der Waals surface area contributed by atoms with Crippen LogP contribution in [0.3, 0.4) is 0 Å². The average molecular weight is 241 g/mol. The van der Waals surface area contributed by atoms with Crippen LogP contribution < -0.4 is 5.32 Å². The molecule has 0 aliphatic rings. The summed E-state index contributed by atoms with van der Waals surface area (Å²) < 4.78 is 0. The van der Waals surface area contributed by atoms with Crippen LogP contribution in [0.2, 0.25) is 0 Å². The molecule has 0 aliphatic carbocycles. The molecule has 0 aromatic carbocycles. The summed E-state index contributed by atoms with van der Waals surface area (Å²) in [6.45, 7) is 4.97. The number of thiophene rings is 1. The van der Waals surface area contributed by atoms with Crippen LogP contribution in [0.15, 0.2) is 6.07 Å². The highest BCUT2D eigenvalue weighted by Gasteiger charge is 2.10. The third-order valence-electron chi connectivity index (χ3n) is 2.50. The van der Waals surface area contributed by atoms with Gasteiger partial charge in [-0.25, -0.2) is 0 Å². The maximum absolute atomic E-state index is 11.7. The second-order valence-corrected chi connectivity index (χ2v) is 4.99. The first-order valence-electron chi connectivity index (χ1n) is 5.67. The van der Waals surface area contributed by atoms with Crippen LogP contribution in [-0.4, -0.2) is 24.2 Å². The lowest BCUT2D eigenvalue weighted by Crippen LogP contribution is -2.23. The minimum absolute atomic E-state index is 0.00531. The highest BCUT2D eigenvalue weighted by molar-refractivity contribution is 7.14. The van der Waals surface area contributed by atoms with Crippen molar-refractivity contribution in [3.05, 3.63) is 21.4 Å². The van der Waals surface area contributed by atoms with E-state index in [1.54, 1.807) is 11.3 Å². The molecular weight excluding hydrogens is 222 g/mol. The van der Waals surface area contributed by atoms with E-state index in [4.69, 9.17) is 5.11 Å². The van der Waals surface area contributed by atoms with Gasteiger partial charge in [-0.05, 0) is 37.8 Å².